The molecular formula is C21H21FN4O2. The van der Waals surface area contributed by atoms with Gasteiger partial charge in [0.2, 0.25) is 0 Å². The number of carbonyl (C=O) groups excluding carboxylic acids is 1. The van der Waals surface area contributed by atoms with Gasteiger partial charge in [0.1, 0.15) is 17.0 Å². The molecule has 3 aromatic rings. The molecule has 144 valence electrons. The van der Waals surface area contributed by atoms with Gasteiger partial charge in [-0.25, -0.2) is 9.37 Å². The van der Waals surface area contributed by atoms with Gasteiger partial charge in [0, 0.05) is 36.7 Å². The number of fused-ring (bicyclic) bond motifs is 1. The highest BCUT2D eigenvalue weighted by Crippen LogP contribution is 2.18. The standard InChI is InChI=1S/C21H21FN4O2/c1-14-4-2-6-19-23-12-18(21(28)26(14)19)20(27)25-11-3-5-17(13-25)24-16-9-7-15(22)8-10-16/h2,4,6-10,12,17,24H,3,5,11,13H2,1H3. The summed E-state index contributed by atoms with van der Waals surface area (Å²) in [6.45, 7) is 2.89. The van der Waals surface area contributed by atoms with Crippen LogP contribution in [-0.2, 0) is 0 Å². The third kappa shape index (κ3) is 3.47. The third-order valence-corrected chi connectivity index (χ3v) is 5.08. The summed E-state index contributed by atoms with van der Waals surface area (Å²) in [6, 6.07) is 11.6. The van der Waals surface area contributed by atoms with E-state index in [1.54, 1.807) is 23.1 Å². The van der Waals surface area contributed by atoms with Gasteiger partial charge in [-0.15, -0.1) is 0 Å². The van der Waals surface area contributed by atoms with Gasteiger partial charge in [-0.05, 0) is 56.2 Å². The predicted octanol–water partition coefficient (Wildman–Crippen LogP) is 2.86. The number of likely N-dealkylation sites (tertiary alicyclic amines) is 1. The van der Waals surface area contributed by atoms with E-state index in [1.165, 1.54) is 22.7 Å². The summed E-state index contributed by atoms with van der Waals surface area (Å²) < 4.78 is 14.5. The highest BCUT2D eigenvalue weighted by atomic mass is 19.1. The number of piperidine rings is 1. The molecule has 1 N–H and O–H groups in total. The van der Waals surface area contributed by atoms with Crippen LogP contribution in [0.4, 0.5) is 10.1 Å². The second-order valence-corrected chi connectivity index (χ2v) is 7.08. The van der Waals surface area contributed by atoms with Gasteiger partial charge in [-0.3, -0.25) is 14.0 Å². The van der Waals surface area contributed by atoms with E-state index < -0.39 is 0 Å². The fourth-order valence-corrected chi connectivity index (χ4v) is 3.65. The van der Waals surface area contributed by atoms with Crippen LogP contribution in [-0.4, -0.2) is 39.3 Å². The molecule has 1 aliphatic rings. The Kier molecular flexibility index (Phi) is 4.81. The molecule has 0 bridgehead atoms. The predicted molar refractivity (Wildman–Crippen MR) is 105 cm³/mol. The second kappa shape index (κ2) is 7.42. The van der Waals surface area contributed by atoms with Gasteiger partial charge in [0.05, 0.1) is 0 Å². The van der Waals surface area contributed by atoms with Gasteiger partial charge in [0.15, 0.2) is 0 Å². The van der Waals surface area contributed by atoms with Crippen molar-refractivity contribution < 1.29 is 9.18 Å². The lowest BCUT2D eigenvalue weighted by atomic mass is 10.0. The van der Waals surface area contributed by atoms with Crippen molar-refractivity contribution in [2.24, 2.45) is 0 Å². The molecule has 4 rings (SSSR count). The van der Waals surface area contributed by atoms with Gasteiger partial charge in [-0.1, -0.05) is 6.07 Å². The zero-order valence-electron chi connectivity index (χ0n) is 15.6. The van der Waals surface area contributed by atoms with Gasteiger partial charge < -0.3 is 10.2 Å². The Morgan fingerprint density at radius 1 is 1.21 bits per heavy atom. The minimum Gasteiger partial charge on any atom is -0.381 e. The topological polar surface area (TPSA) is 66.7 Å². The summed E-state index contributed by atoms with van der Waals surface area (Å²) in [5.74, 6) is -0.591. The maximum atomic E-state index is 13.1. The molecule has 0 saturated carbocycles. The average molecular weight is 380 g/mol. The highest BCUT2D eigenvalue weighted by molar-refractivity contribution is 5.94. The maximum absolute atomic E-state index is 13.1. The van der Waals surface area contributed by atoms with Gasteiger partial charge in [-0.2, -0.15) is 0 Å². The average Bonchev–Trinajstić information content (AvgIpc) is 2.70. The van der Waals surface area contributed by atoms with Crippen molar-refractivity contribution in [2.45, 2.75) is 25.8 Å². The van der Waals surface area contributed by atoms with Crippen LogP contribution in [0.15, 0.2) is 53.5 Å². The molecule has 0 spiro atoms. The molecule has 1 fully saturated rings. The van der Waals surface area contributed by atoms with Crippen molar-refractivity contribution in [3.05, 3.63) is 76.1 Å². The summed E-state index contributed by atoms with van der Waals surface area (Å²) in [5, 5.41) is 3.34. The number of nitrogens with zero attached hydrogens (tertiary/aromatic N) is 3. The number of nitrogens with one attached hydrogen (secondary N) is 1. The molecule has 1 aliphatic heterocycles. The third-order valence-electron chi connectivity index (χ3n) is 5.08. The Morgan fingerprint density at radius 3 is 2.79 bits per heavy atom. The number of rotatable bonds is 3. The quantitative estimate of drug-likeness (QED) is 0.759. The first-order valence-corrected chi connectivity index (χ1v) is 9.32. The number of pyridine rings is 1. The largest absolute Gasteiger partial charge is 0.381 e. The zero-order valence-corrected chi connectivity index (χ0v) is 15.6. The molecule has 1 aromatic carbocycles. The molecule has 1 amide bonds. The molecule has 6 nitrogen and oxygen atoms in total. The number of anilines is 1. The Labute approximate surface area is 161 Å². The van der Waals surface area contributed by atoms with Crippen molar-refractivity contribution in [3.8, 4) is 0 Å². The minimum atomic E-state index is -0.346. The zero-order chi connectivity index (χ0) is 19.7. The van der Waals surface area contributed by atoms with Gasteiger partial charge in [0.25, 0.3) is 11.5 Å². The van der Waals surface area contributed by atoms with Crippen molar-refractivity contribution in [3.63, 3.8) is 0 Å². The lowest BCUT2D eigenvalue weighted by Gasteiger charge is -2.33. The molecule has 3 heterocycles. The van der Waals surface area contributed by atoms with E-state index in [0.29, 0.717) is 18.7 Å². The summed E-state index contributed by atoms with van der Waals surface area (Å²) in [6.07, 6.45) is 3.09. The molecule has 1 atom stereocenters. The van der Waals surface area contributed by atoms with E-state index in [9.17, 15) is 14.0 Å². The lowest BCUT2D eigenvalue weighted by Crippen LogP contribution is -2.46. The number of aromatic nitrogens is 2. The van der Waals surface area contributed by atoms with Crippen LogP contribution in [0.25, 0.3) is 5.65 Å². The fraction of sp³-hybridized carbons (Fsp3) is 0.286. The second-order valence-electron chi connectivity index (χ2n) is 7.08. The van der Waals surface area contributed by atoms with Crippen LogP contribution >= 0.6 is 0 Å². The Bertz CT molecular complexity index is 1080. The highest BCUT2D eigenvalue weighted by Gasteiger charge is 2.26. The molecule has 0 aliphatic carbocycles. The molecule has 0 radical (unpaired) electrons. The summed E-state index contributed by atoms with van der Waals surface area (Å²) >= 11 is 0. The number of aryl methyl sites for hydroxylation is 1. The summed E-state index contributed by atoms with van der Waals surface area (Å²) in [7, 11) is 0. The van der Waals surface area contributed by atoms with Crippen LogP contribution in [0.5, 0.6) is 0 Å². The first-order valence-electron chi connectivity index (χ1n) is 9.32. The first kappa shape index (κ1) is 18.2. The van der Waals surface area contributed by atoms with Crippen LogP contribution in [0.3, 0.4) is 0 Å². The SMILES string of the molecule is Cc1cccc2ncc(C(=O)N3CCCC(Nc4ccc(F)cc4)C3)c(=O)n12. The number of carbonyl (C=O) groups is 1. The molecule has 1 saturated heterocycles. The van der Waals surface area contributed by atoms with E-state index in [4.69, 9.17) is 0 Å². The maximum Gasteiger partial charge on any atom is 0.270 e. The van der Waals surface area contributed by atoms with E-state index in [1.807, 2.05) is 19.1 Å². The van der Waals surface area contributed by atoms with E-state index in [2.05, 4.69) is 10.3 Å². The number of halogens is 1. The Balaban J connectivity index is 1.55. The van der Waals surface area contributed by atoms with E-state index in [0.717, 1.165) is 24.2 Å². The molecule has 2 aromatic heterocycles. The Morgan fingerprint density at radius 2 is 2.00 bits per heavy atom. The molecular weight excluding hydrogens is 359 g/mol. The molecule has 1 unspecified atom stereocenters. The summed E-state index contributed by atoms with van der Waals surface area (Å²) in [4.78, 5) is 31.8. The smallest absolute Gasteiger partial charge is 0.270 e. The number of amides is 1. The first-order chi connectivity index (χ1) is 13.5. The van der Waals surface area contributed by atoms with Crippen molar-refractivity contribution in [1.29, 1.82) is 0 Å². The fourth-order valence-electron chi connectivity index (χ4n) is 3.65. The monoisotopic (exact) mass is 380 g/mol. The van der Waals surface area contributed by atoms with Crippen LogP contribution < -0.4 is 10.9 Å². The minimum absolute atomic E-state index is 0.0427. The number of benzene rings is 1. The molecule has 7 heteroatoms. The van der Waals surface area contributed by atoms with Crippen LogP contribution in [0, 0.1) is 12.7 Å². The Hall–Kier alpha value is -3.22. The van der Waals surface area contributed by atoms with E-state index in [-0.39, 0.29) is 28.9 Å². The van der Waals surface area contributed by atoms with Crippen molar-refractivity contribution >= 4 is 17.2 Å². The lowest BCUT2D eigenvalue weighted by molar-refractivity contribution is 0.0712. The van der Waals surface area contributed by atoms with Crippen LogP contribution in [0.1, 0.15) is 28.9 Å². The normalized spacial score (nSPS) is 16.9. The molecule has 28 heavy (non-hydrogen) atoms. The van der Waals surface area contributed by atoms with Crippen LogP contribution in [0.2, 0.25) is 0 Å². The van der Waals surface area contributed by atoms with Crippen molar-refractivity contribution in [2.75, 3.05) is 18.4 Å². The number of hydrogen-bond acceptors (Lipinski definition) is 4. The number of hydrogen-bond donors (Lipinski definition) is 1. The van der Waals surface area contributed by atoms with Crippen molar-refractivity contribution in [1.82, 2.24) is 14.3 Å². The van der Waals surface area contributed by atoms with Gasteiger partial charge >= 0.3 is 0 Å². The van der Waals surface area contributed by atoms with E-state index >= 15 is 0 Å². The summed E-state index contributed by atoms with van der Waals surface area (Å²) in [5.41, 5.74) is 1.80.